The summed E-state index contributed by atoms with van der Waals surface area (Å²) in [4.78, 5) is 15.4. The van der Waals surface area contributed by atoms with Crippen molar-refractivity contribution in [3.8, 4) is 0 Å². The number of rotatable bonds is 5. The molecule has 1 saturated carbocycles. The standard InChI is InChI=1S/C11H16N2O2S/c1-3-4-7-5-8(7)12-11-13-9(6-16-11)10(14)15-2/h6-8H,3-5H2,1-2H3,(H,12,13). The van der Waals surface area contributed by atoms with Gasteiger partial charge in [-0.05, 0) is 18.8 Å². The van der Waals surface area contributed by atoms with Crippen LogP contribution in [0.1, 0.15) is 36.7 Å². The number of esters is 1. The van der Waals surface area contributed by atoms with Crippen LogP contribution in [0.15, 0.2) is 5.38 Å². The van der Waals surface area contributed by atoms with Crippen LogP contribution in [0.5, 0.6) is 0 Å². The molecule has 2 unspecified atom stereocenters. The third-order valence-electron chi connectivity index (χ3n) is 2.79. The molecule has 1 fully saturated rings. The average molecular weight is 240 g/mol. The fourth-order valence-electron chi connectivity index (χ4n) is 1.81. The quantitative estimate of drug-likeness (QED) is 0.803. The number of carbonyl (C=O) groups excluding carboxylic acids is 1. The summed E-state index contributed by atoms with van der Waals surface area (Å²) in [5.41, 5.74) is 0.391. The second-order valence-corrected chi connectivity index (χ2v) is 4.92. The second kappa shape index (κ2) is 4.82. The largest absolute Gasteiger partial charge is 0.464 e. The number of methoxy groups -OCH3 is 1. The Morgan fingerprint density at radius 1 is 1.75 bits per heavy atom. The Balaban J connectivity index is 1.87. The molecule has 1 aliphatic carbocycles. The molecule has 0 aliphatic heterocycles. The summed E-state index contributed by atoms with van der Waals surface area (Å²) in [5, 5.41) is 5.90. The number of hydrogen-bond acceptors (Lipinski definition) is 5. The molecule has 0 radical (unpaired) electrons. The molecule has 0 saturated heterocycles. The zero-order chi connectivity index (χ0) is 11.5. The molecule has 5 heteroatoms. The first-order chi connectivity index (χ1) is 7.74. The lowest BCUT2D eigenvalue weighted by Gasteiger charge is -1.99. The number of carbonyl (C=O) groups is 1. The van der Waals surface area contributed by atoms with E-state index in [-0.39, 0.29) is 5.97 Å². The fraction of sp³-hybridized carbons (Fsp3) is 0.636. The molecule has 1 aliphatic rings. The molecule has 0 amide bonds. The van der Waals surface area contributed by atoms with Gasteiger partial charge >= 0.3 is 5.97 Å². The maximum Gasteiger partial charge on any atom is 0.357 e. The highest BCUT2D eigenvalue weighted by Gasteiger charge is 2.36. The number of aromatic nitrogens is 1. The van der Waals surface area contributed by atoms with Gasteiger partial charge in [-0.15, -0.1) is 11.3 Å². The van der Waals surface area contributed by atoms with Gasteiger partial charge in [0, 0.05) is 11.4 Å². The van der Waals surface area contributed by atoms with Crippen molar-refractivity contribution < 1.29 is 9.53 Å². The number of anilines is 1. The van der Waals surface area contributed by atoms with Crippen molar-refractivity contribution in [1.82, 2.24) is 4.98 Å². The monoisotopic (exact) mass is 240 g/mol. The predicted molar refractivity (Wildman–Crippen MR) is 63.9 cm³/mol. The van der Waals surface area contributed by atoms with E-state index in [0.717, 1.165) is 11.0 Å². The minimum Gasteiger partial charge on any atom is -0.464 e. The van der Waals surface area contributed by atoms with Gasteiger partial charge in [0.1, 0.15) is 0 Å². The fourth-order valence-corrected chi connectivity index (χ4v) is 2.55. The SMILES string of the molecule is CCCC1CC1Nc1nc(C(=O)OC)cs1. The molecular weight excluding hydrogens is 224 g/mol. The summed E-state index contributed by atoms with van der Waals surface area (Å²) in [7, 11) is 1.37. The van der Waals surface area contributed by atoms with Crippen molar-refractivity contribution >= 4 is 22.4 Å². The number of thiazole rings is 1. The van der Waals surface area contributed by atoms with E-state index in [2.05, 4.69) is 22.0 Å². The lowest BCUT2D eigenvalue weighted by molar-refractivity contribution is 0.0595. The number of nitrogens with one attached hydrogen (secondary N) is 1. The summed E-state index contributed by atoms with van der Waals surface area (Å²) in [6.07, 6.45) is 3.72. The molecule has 0 aromatic carbocycles. The second-order valence-electron chi connectivity index (χ2n) is 4.06. The van der Waals surface area contributed by atoms with E-state index in [4.69, 9.17) is 0 Å². The van der Waals surface area contributed by atoms with E-state index in [1.54, 1.807) is 5.38 Å². The van der Waals surface area contributed by atoms with Gasteiger partial charge in [0.2, 0.25) is 0 Å². The lowest BCUT2D eigenvalue weighted by atomic mass is 10.2. The van der Waals surface area contributed by atoms with Crippen LogP contribution in [-0.2, 0) is 4.74 Å². The summed E-state index contributed by atoms with van der Waals surface area (Å²) in [6.45, 7) is 2.20. The van der Waals surface area contributed by atoms with Gasteiger partial charge in [-0.1, -0.05) is 13.3 Å². The van der Waals surface area contributed by atoms with Crippen molar-refractivity contribution in [3.05, 3.63) is 11.1 Å². The maximum absolute atomic E-state index is 11.2. The van der Waals surface area contributed by atoms with Gasteiger partial charge in [0.15, 0.2) is 10.8 Å². The Morgan fingerprint density at radius 3 is 3.25 bits per heavy atom. The van der Waals surface area contributed by atoms with Gasteiger partial charge in [0.05, 0.1) is 7.11 Å². The van der Waals surface area contributed by atoms with E-state index in [9.17, 15) is 4.79 Å². The predicted octanol–water partition coefficient (Wildman–Crippen LogP) is 2.53. The normalized spacial score (nSPS) is 22.9. The Hall–Kier alpha value is -1.10. The number of nitrogens with zero attached hydrogens (tertiary/aromatic N) is 1. The van der Waals surface area contributed by atoms with Crippen LogP contribution in [0.25, 0.3) is 0 Å². The van der Waals surface area contributed by atoms with Crippen LogP contribution in [0.3, 0.4) is 0 Å². The van der Waals surface area contributed by atoms with Crippen LogP contribution in [0.2, 0.25) is 0 Å². The van der Waals surface area contributed by atoms with Gasteiger partial charge in [-0.3, -0.25) is 0 Å². The molecule has 2 rings (SSSR count). The maximum atomic E-state index is 11.2. The lowest BCUT2D eigenvalue weighted by Crippen LogP contribution is -2.06. The van der Waals surface area contributed by atoms with E-state index in [1.165, 1.54) is 37.7 Å². The van der Waals surface area contributed by atoms with E-state index >= 15 is 0 Å². The summed E-state index contributed by atoms with van der Waals surface area (Å²) in [6, 6.07) is 0.552. The van der Waals surface area contributed by atoms with Crippen molar-refractivity contribution in [2.75, 3.05) is 12.4 Å². The zero-order valence-corrected chi connectivity index (χ0v) is 10.3. The van der Waals surface area contributed by atoms with E-state index in [1.807, 2.05) is 0 Å². The highest BCUT2D eigenvalue weighted by molar-refractivity contribution is 7.13. The van der Waals surface area contributed by atoms with Crippen LogP contribution >= 0.6 is 11.3 Å². The van der Waals surface area contributed by atoms with E-state index < -0.39 is 0 Å². The number of ether oxygens (including phenoxy) is 1. The summed E-state index contributed by atoms with van der Waals surface area (Å²) in [5.74, 6) is 0.417. The van der Waals surface area contributed by atoms with E-state index in [0.29, 0.717) is 11.7 Å². The van der Waals surface area contributed by atoms with Gasteiger partial charge in [-0.2, -0.15) is 0 Å². The van der Waals surface area contributed by atoms with Gasteiger partial charge < -0.3 is 10.1 Å². The summed E-state index contributed by atoms with van der Waals surface area (Å²) >= 11 is 1.46. The number of hydrogen-bond donors (Lipinski definition) is 1. The topological polar surface area (TPSA) is 51.2 Å². The first kappa shape index (κ1) is 11.4. The van der Waals surface area contributed by atoms with Crippen molar-refractivity contribution in [2.24, 2.45) is 5.92 Å². The first-order valence-corrected chi connectivity index (χ1v) is 6.43. The average Bonchev–Trinajstić information content (AvgIpc) is 2.83. The Morgan fingerprint density at radius 2 is 2.56 bits per heavy atom. The summed E-state index contributed by atoms with van der Waals surface area (Å²) < 4.78 is 4.61. The molecule has 1 aromatic heterocycles. The molecule has 16 heavy (non-hydrogen) atoms. The molecule has 0 bridgehead atoms. The molecule has 1 N–H and O–H groups in total. The van der Waals surface area contributed by atoms with Crippen LogP contribution < -0.4 is 5.32 Å². The smallest absolute Gasteiger partial charge is 0.357 e. The van der Waals surface area contributed by atoms with Gasteiger partial charge in [0.25, 0.3) is 0 Å². The molecule has 2 atom stereocenters. The molecular formula is C11H16N2O2S. The first-order valence-electron chi connectivity index (χ1n) is 5.55. The van der Waals surface area contributed by atoms with Gasteiger partial charge in [-0.25, -0.2) is 9.78 Å². The zero-order valence-electron chi connectivity index (χ0n) is 9.53. The molecule has 4 nitrogen and oxygen atoms in total. The van der Waals surface area contributed by atoms with Crippen LogP contribution in [0.4, 0.5) is 5.13 Å². The third-order valence-corrected chi connectivity index (χ3v) is 3.56. The molecule has 0 spiro atoms. The Kier molecular flexibility index (Phi) is 3.43. The highest BCUT2D eigenvalue weighted by atomic mass is 32.1. The Labute approximate surface area is 99.0 Å². The van der Waals surface area contributed by atoms with Crippen molar-refractivity contribution in [1.29, 1.82) is 0 Å². The van der Waals surface area contributed by atoms with Crippen molar-refractivity contribution in [2.45, 2.75) is 32.2 Å². The van der Waals surface area contributed by atoms with Crippen LogP contribution in [-0.4, -0.2) is 24.1 Å². The minimum atomic E-state index is -0.370. The Bertz CT molecular complexity index is 378. The minimum absolute atomic E-state index is 0.370. The molecule has 1 heterocycles. The van der Waals surface area contributed by atoms with Crippen LogP contribution in [0, 0.1) is 5.92 Å². The van der Waals surface area contributed by atoms with Crippen molar-refractivity contribution in [3.63, 3.8) is 0 Å². The molecule has 88 valence electrons. The molecule has 1 aromatic rings. The third kappa shape index (κ3) is 2.52. The highest BCUT2D eigenvalue weighted by Crippen LogP contribution is 2.37.